The maximum absolute atomic E-state index is 11.8. The fraction of sp³-hybridized carbons (Fsp3) is 0. The molecule has 6 N–H and O–H groups in total. The first-order chi connectivity index (χ1) is 12.0. The lowest BCUT2D eigenvalue weighted by Gasteiger charge is -2.13. The number of carbonyl (C=O) groups excluding carboxylic acids is 2. The van der Waals surface area contributed by atoms with Gasteiger partial charge in [-0.05, 0) is 53.1 Å². The summed E-state index contributed by atoms with van der Waals surface area (Å²) in [4.78, 5) is 27.0. The number of hydrogen-bond donors (Lipinski definition) is 3. The van der Waals surface area contributed by atoms with Crippen molar-refractivity contribution in [3.63, 3.8) is 0 Å². The normalized spacial score (nSPS) is 10.4. The minimum Gasteiger partial charge on any atom is -0.398 e. The number of anilines is 1. The third kappa shape index (κ3) is 3.18. The molecular weight excluding hydrogens is 316 g/mol. The summed E-state index contributed by atoms with van der Waals surface area (Å²) < 4.78 is 0. The number of primary amides is 2. The summed E-state index contributed by atoms with van der Waals surface area (Å²) in [6, 6.07) is 13.9. The van der Waals surface area contributed by atoms with Crippen molar-refractivity contribution in [1.29, 1.82) is 0 Å². The van der Waals surface area contributed by atoms with Crippen LogP contribution in [0.5, 0.6) is 0 Å². The van der Waals surface area contributed by atoms with Gasteiger partial charge in [0, 0.05) is 23.5 Å². The van der Waals surface area contributed by atoms with Gasteiger partial charge >= 0.3 is 0 Å². The number of benzene rings is 2. The Bertz CT molecular complexity index is 951. The van der Waals surface area contributed by atoms with Crippen LogP contribution in [0.15, 0.2) is 60.9 Å². The molecular formula is C19H16N4O2. The lowest BCUT2D eigenvalue weighted by molar-refractivity contribution is 0.0992. The first-order valence-electron chi connectivity index (χ1n) is 7.51. The predicted molar refractivity (Wildman–Crippen MR) is 96.6 cm³/mol. The van der Waals surface area contributed by atoms with Crippen molar-refractivity contribution in [3.8, 4) is 22.3 Å². The molecule has 0 radical (unpaired) electrons. The van der Waals surface area contributed by atoms with Crippen LogP contribution < -0.4 is 17.2 Å². The molecule has 25 heavy (non-hydrogen) atoms. The molecule has 0 aliphatic rings. The largest absolute Gasteiger partial charge is 0.398 e. The summed E-state index contributed by atoms with van der Waals surface area (Å²) >= 11 is 0. The van der Waals surface area contributed by atoms with Crippen LogP contribution in [0.4, 0.5) is 5.69 Å². The number of nitrogen functional groups attached to an aromatic ring is 1. The Morgan fingerprint density at radius 2 is 1.40 bits per heavy atom. The summed E-state index contributed by atoms with van der Waals surface area (Å²) in [5.41, 5.74) is 20.9. The Morgan fingerprint density at radius 1 is 0.760 bits per heavy atom. The number of nitrogens with zero attached hydrogens (tertiary/aromatic N) is 1. The van der Waals surface area contributed by atoms with Gasteiger partial charge in [0.2, 0.25) is 5.91 Å². The van der Waals surface area contributed by atoms with E-state index in [2.05, 4.69) is 4.98 Å². The Kier molecular flexibility index (Phi) is 4.18. The van der Waals surface area contributed by atoms with Crippen LogP contribution in [0, 0.1) is 0 Å². The van der Waals surface area contributed by atoms with Crippen LogP contribution >= 0.6 is 0 Å². The van der Waals surface area contributed by atoms with E-state index in [9.17, 15) is 9.59 Å². The zero-order valence-electron chi connectivity index (χ0n) is 13.3. The molecule has 3 aromatic rings. The molecule has 0 bridgehead atoms. The number of hydrogen-bond acceptors (Lipinski definition) is 4. The summed E-state index contributed by atoms with van der Waals surface area (Å²) in [7, 11) is 0. The van der Waals surface area contributed by atoms with E-state index in [1.165, 1.54) is 0 Å². The number of amides is 2. The summed E-state index contributed by atoms with van der Waals surface area (Å²) in [5, 5.41) is 0. The van der Waals surface area contributed by atoms with Gasteiger partial charge in [0.25, 0.3) is 5.91 Å². The lowest BCUT2D eigenvalue weighted by Crippen LogP contribution is -2.14. The fourth-order valence-electron chi connectivity index (χ4n) is 2.62. The van der Waals surface area contributed by atoms with E-state index in [-0.39, 0.29) is 11.3 Å². The second-order valence-corrected chi connectivity index (χ2v) is 5.53. The second-order valence-electron chi connectivity index (χ2n) is 5.53. The Labute approximate surface area is 144 Å². The van der Waals surface area contributed by atoms with Crippen molar-refractivity contribution in [1.82, 2.24) is 4.98 Å². The Hall–Kier alpha value is -3.67. The average Bonchev–Trinajstić information content (AvgIpc) is 2.62. The monoisotopic (exact) mass is 332 g/mol. The zero-order valence-corrected chi connectivity index (χ0v) is 13.3. The first-order valence-corrected chi connectivity index (χ1v) is 7.51. The molecule has 124 valence electrons. The molecule has 6 heteroatoms. The molecule has 2 amide bonds. The maximum atomic E-state index is 11.8. The summed E-state index contributed by atoms with van der Waals surface area (Å²) in [5.74, 6) is -1.12. The summed E-state index contributed by atoms with van der Waals surface area (Å²) in [6.45, 7) is 0. The van der Waals surface area contributed by atoms with E-state index in [0.29, 0.717) is 11.1 Å². The fourth-order valence-corrected chi connectivity index (χ4v) is 2.62. The molecule has 2 aromatic carbocycles. The number of carbonyl (C=O) groups is 2. The molecule has 0 saturated heterocycles. The molecule has 0 fully saturated rings. The molecule has 0 aliphatic heterocycles. The molecule has 1 heterocycles. The highest BCUT2D eigenvalue weighted by molar-refractivity contribution is 6.03. The molecule has 0 saturated carbocycles. The van der Waals surface area contributed by atoms with Crippen molar-refractivity contribution in [3.05, 3.63) is 72.1 Å². The van der Waals surface area contributed by atoms with Crippen LogP contribution in [0.1, 0.15) is 20.7 Å². The number of pyridine rings is 1. The standard InChI is InChI=1S/C19H16N4O2/c20-17-15(12-1-3-13(4-2-12)18(21)24)9-14(10-16(17)19(22)25)11-5-7-23-8-6-11/h1-10H,20H2,(H2,21,24)(H2,22,25). The third-order valence-corrected chi connectivity index (χ3v) is 3.94. The van der Waals surface area contributed by atoms with Gasteiger partial charge in [-0.3, -0.25) is 14.6 Å². The van der Waals surface area contributed by atoms with Gasteiger partial charge < -0.3 is 17.2 Å². The number of rotatable bonds is 4. The van der Waals surface area contributed by atoms with E-state index in [1.807, 2.05) is 18.2 Å². The van der Waals surface area contributed by atoms with Crippen molar-refractivity contribution in [2.45, 2.75) is 0 Å². The Balaban J connectivity index is 2.19. The van der Waals surface area contributed by atoms with Crippen LogP contribution in [0.25, 0.3) is 22.3 Å². The van der Waals surface area contributed by atoms with Gasteiger partial charge in [0.05, 0.1) is 11.3 Å². The van der Waals surface area contributed by atoms with Crippen LogP contribution in [0.2, 0.25) is 0 Å². The van der Waals surface area contributed by atoms with E-state index in [4.69, 9.17) is 17.2 Å². The van der Waals surface area contributed by atoms with E-state index in [1.54, 1.807) is 42.7 Å². The third-order valence-electron chi connectivity index (χ3n) is 3.94. The van der Waals surface area contributed by atoms with E-state index in [0.717, 1.165) is 16.7 Å². The topological polar surface area (TPSA) is 125 Å². The van der Waals surface area contributed by atoms with Gasteiger partial charge in [0.15, 0.2) is 0 Å². The molecule has 0 aliphatic carbocycles. The highest BCUT2D eigenvalue weighted by Gasteiger charge is 2.15. The maximum Gasteiger partial charge on any atom is 0.250 e. The molecule has 6 nitrogen and oxygen atoms in total. The van der Waals surface area contributed by atoms with Crippen molar-refractivity contribution >= 4 is 17.5 Å². The first kappa shape index (κ1) is 16.2. The van der Waals surface area contributed by atoms with Crippen LogP contribution in [-0.4, -0.2) is 16.8 Å². The minimum atomic E-state index is -0.608. The van der Waals surface area contributed by atoms with Crippen LogP contribution in [0.3, 0.4) is 0 Å². The van der Waals surface area contributed by atoms with Crippen molar-refractivity contribution in [2.24, 2.45) is 11.5 Å². The van der Waals surface area contributed by atoms with Crippen molar-refractivity contribution < 1.29 is 9.59 Å². The average molecular weight is 332 g/mol. The molecule has 0 atom stereocenters. The molecule has 1 aromatic heterocycles. The quantitative estimate of drug-likeness (QED) is 0.633. The SMILES string of the molecule is NC(=O)c1ccc(-c2cc(-c3ccncc3)cc(C(N)=O)c2N)cc1. The highest BCUT2D eigenvalue weighted by atomic mass is 16.1. The van der Waals surface area contributed by atoms with Crippen LogP contribution in [-0.2, 0) is 0 Å². The highest BCUT2D eigenvalue weighted by Crippen LogP contribution is 2.34. The Morgan fingerprint density at radius 3 is 1.96 bits per heavy atom. The minimum absolute atomic E-state index is 0.239. The number of aromatic nitrogens is 1. The van der Waals surface area contributed by atoms with Gasteiger partial charge in [0.1, 0.15) is 0 Å². The smallest absolute Gasteiger partial charge is 0.250 e. The lowest BCUT2D eigenvalue weighted by atomic mass is 9.93. The summed E-state index contributed by atoms with van der Waals surface area (Å²) in [6.07, 6.45) is 3.33. The van der Waals surface area contributed by atoms with E-state index < -0.39 is 11.8 Å². The van der Waals surface area contributed by atoms with Gasteiger partial charge in [-0.1, -0.05) is 12.1 Å². The molecule has 0 spiro atoms. The van der Waals surface area contributed by atoms with E-state index >= 15 is 0 Å². The predicted octanol–water partition coefficient (Wildman–Crippen LogP) is 2.20. The van der Waals surface area contributed by atoms with Gasteiger partial charge in [-0.25, -0.2) is 0 Å². The molecule has 0 unspecified atom stereocenters. The zero-order chi connectivity index (χ0) is 18.0. The second kappa shape index (κ2) is 6.45. The van der Waals surface area contributed by atoms with Gasteiger partial charge in [-0.15, -0.1) is 0 Å². The van der Waals surface area contributed by atoms with Crippen molar-refractivity contribution in [2.75, 3.05) is 5.73 Å². The van der Waals surface area contributed by atoms with Gasteiger partial charge in [-0.2, -0.15) is 0 Å². The number of nitrogens with two attached hydrogens (primary N) is 3. The molecule has 3 rings (SSSR count).